The Morgan fingerprint density at radius 3 is 2.85 bits per heavy atom. The molecule has 0 radical (unpaired) electrons. The topological polar surface area (TPSA) is 59.4 Å². The monoisotopic (exact) mass is 356 g/mol. The van der Waals surface area contributed by atoms with Gasteiger partial charge in [0.15, 0.2) is 5.69 Å². The van der Waals surface area contributed by atoms with Crippen molar-refractivity contribution in [3.05, 3.63) is 53.1 Å². The standard InChI is InChI=1S/C19H21FN4O2/c1-23-16(7-6-15-4-2-3-5-17(15)20)14-18(22-23)19(25)21-8-9-24-10-12-26-13-11-24/h2-5,14H,8-13H2,1H3,(H,21,25). The number of aromatic nitrogens is 2. The van der Waals surface area contributed by atoms with Gasteiger partial charge in [0.05, 0.1) is 18.8 Å². The molecular formula is C19H21FN4O2. The minimum absolute atomic E-state index is 0.243. The molecule has 26 heavy (non-hydrogen) atoms. The van der Waals surface area contributed by atoms with Gasteiger partial charge in [0.25, 0.3) is 5.91 Å². The molecule has 6 nitrogen and oxygen atoms in total. The highest BCUT2D eigenvalue weighted by Gasteiger charge is 2.13. The lowest BCUT2D eigenvalue weighted by atomic mass is 10.2. The maximum atomic E-state index is 13.6. The van der Waals surface area contributed by atoms with E-state index < -0.39 is 0 Å². The molecule has 2 aromatic rings. The Morgan fingerprint density at radius 1 is 1.31 bits per heavy atom. The normalized spacial score (nSPS) is 14.5. The van der Waals surface area contributed by atoms with Crippen molar-refractivity contribution in [3.8, 4) is 11.8 Å². The molecule has 0 atom stereocenters. The molecule has 1 aliphatic heterocycles. The van der Waals surface area contributed by atoms with Gasteiger partial charge in [-0.25, -0.2) is 4.39 Å². The number of carbonyl (C=O) groups is 1. The zero-order chi connectivity index (χ0) is 18.4. The fourth-order valence-corrected chi connectivity index (χ4v) is 2.63. The molecular weight excluding hydrogens is 335 g/mol. The van der Waals surface area contributed by atoms with E-state index in [0.717, 1.165) is 32.8 Å². The lowest BCUT2D eigenvalue weighted by molar-refractivity contribution is 0.0383. The van der Waals surface area contributed by atoms with Crippen molar-refractivity contribution in [1.82, 2.24) is 20.0 Å². The molecule has 7 heteroatoms. The summed E-state index contributed by atoms with van der Waals surface area (Å²) in [5, 5.41) is 7.05. The van der Waals surface area contributed by atoms with Crippen LogP contribution in [0.3, 0.4) is 0 Å². The number of carbonyl (C=O) groups excluding carboxylic acids is 1. The number of nitrogens with zero attached hydrogens (tertiary/aromatic N) is 3. The van der Waals surface area contributed by atoms with E-state index in [0.29, 0.717) is 23.5 Å². The van der Waals surface area contributed by atoms with Gasteiger partial charge >= 0.3 is 0 Å². The number of rotatable bonds is 4. The van der Waals surface area contributed by atoms with E-state index in [1.54, 1.807) is 31.3 Å². The van der Waals surface area contributed by atoms with Crippen molar-refractivity contribution in [2.45, 2.75) is 0 Å². The maximum absolute atomic E-state index is 13.6. The van der Waals surface area contributed by atoms with Gasteiger partial charge in [-0.15, -0.1) is 0 Å². The van der Waals surface area contributed by atoms with Crippen LogP contribution >= 0.6 is 0 Å². The van der Waals surface area contributed by atoms with Gasteiger partial charge in [-0.3, -0.25) is 14.4 Å². The third-order valence-electron chi connectivity index (χ3n) is 4.13. The van der Waals surface area contributed by atoms with Crippen LogP contribution in [0.4, 0.5) is 4.39 Å². The summed E-state index contributed by atoms with van der Waals surface area (Å²) in [5.74, 6) is 5.02. The summed E-state index contributed by atoms with van der Waals surface area (Å²) < 4.78 is 20.4. The van der Waals surface area contributed by atoms with E-state index in [4.69, 9.17) is 4.74 Å². The Labute approximate surface area is 151 Å². The van der Waals surface area contributed by atoms with Crippen LogP contribution in [0.1, 0.15) is 21.7 Å². The SMILES string of the molecule is Cn1nc(C(=O)NCCN2CCOCC2)cc1C#Cc1ccccc1F. The molecule has 1 fully saturated rings. The molecule has 1 amide bonds. The molecule has 1 aromatic heterocycles. The van der Waals surface area contributed by atoms with Crippen LogP contribution in [0, 0.1) is 17.7 Å². The van der Waals surface area contributed by atoms with Crippen molar-refractivity contribution in [3.63, 3.8) is 0 Å². The van der Waals surface area contributed by atoms with E-state index in [-0.39, 0.29) is 11.7 Å². The summed E-state index contributed by atoms with van der Waals surface area (Å²) in [4.78, 5) is 14.5. The number of morpholine rings is 1. The fraction of sp³-hybridized carbons (Fsp3) is 0.368. The Balaban J connectivity index is 1.59. The number of ether oxygens (including phenoxy) is 1. The second kappa shape index (κ2) is 8.61. The van der Waals surface area contributed by atoms with Crippen LogP contribution in [-0.4, -0.2) is 60.0 Å². The highest BCUT2D eigenvalue weighted by Crippen LogP contribution is 2.06. The van der Waals surface area contributed by atoms with Gasteiger partial charge in [-0.1, -0.05) is 18.1 Å². The molecule has 1 aliphatic rings. The number of nitrogens with one attached hydrogen (secondary N) is 1. The number of amides is 1. The summed E-state index contributed by atoms with van der Waals surface area (Å²) in [7, 11) is 1.70. The first-order chi connectivity index (χ1) is 12.6. The van der Waals surface area contributed by atoms with Crippen molar-refractivity contribution >= 4 is 5.91 Å². The maximum Gasteiger partial charge on any atom is 0.271 e. The molecule has 0 unspecified atom stereocenters. The van der Waals surface area contributed by atoms with E-state index in [1.807, 2.05) is 0 Å². The first kappa shape index (κ1) is 18.1. The zero-order valence-electron chi connectivity index (χ0n) is 14.7. The van der Waals surface area contributed by atoms with Gasteiger partial charge in [0.1, 0.15) is 11.5 Å². The van der Waals surface area contributed by atoms with Crippen LogP contribution in [-0.2, 0) is 11.8 Å². The van der Waals surface area contributed by atoms with Crippen LogP contribution in [0.5, 0.6) is 0 Å². The second-order valence-corrected chi connectivity index (χ2v) is 5.98. The highest BCUT2D eigenvalue weighted by atomic mass is 19.1. The average Bonchev–Trinajstić information content (AvgIpc) is 3.03. The molecule has 3 rings (SSSR count). The van der Waals surface area contributed by atoms with E-state index >= 15 is 0 Å². The predicted molar refractivity (Wildman–Crippen MR) is 95.2 cm³/mol. The molecule has 0 spiro atoms. The molecule has 136 valence electrons. The molecule has 0 aliphatic carbocycles. The lowest BCUT2D eigenvalue weighted by Gasteiger charge is -2.26. The summed E-state index contributed by atoms with van der Waals surface area (Å²) in [6, 6.07) is 7.92. The number of hydrogen-bond donors (Lipinski definition) is 1. The van der Waals surface area contributed by atoms with Crippen LogP contribution in [0.15, 0.2) is 30.3 Å². The minimum atomic E-state index is -0.372. The molecule has 1 saturated heterocycles. The fourth-order valence-electron chi connectivity index (χ4n) is 2.63. The first-order valence-corrected chi connectivity index (χ1v) is 8.52. The van der Waals surface area contributed by atoms with Gasteiger partial charge in [-0.2, -0.15) is 5.10 Å². The quantitative estimate of drug-likeness (QED) is 0.831. The molecule has 0 saturated carbocycles. The van der Waals surface area contributed by atoms with Crippen molar-refractivity contribution in [2.24, 2.45) is 7.05 Å². The third kappa shape index (κ3) is 4.69. The second-order valence-electron chi connectivity index (χ2n) is 5.98. The minimum Gasteiger partial charge on any atom is -0.379 e. The van der Waals surface area contributed by atoms with Crippen molar-refractivity contribution < 1.29 is 13.9 Å². The van der Waals surface area contributed by atoms with Gasteiger partial charge in [0.2, 0.25) is 0 Å². The summed E-state index contributed by atoms with van der Waals surface area (Å²) in [5.41, 5.74) is 1.16. The van der Waals surface area contributed by atoms with E-state index in [1.165, 1.54) is 10.7 Å². The summed E-state index contributed by atoms with van der Waals surface area (Å²) >= 11 is 0. The average molecular weight is 356 g/mol. The Bertz CT molecular complexity index is 832. The van der Waals surface area contributed by atoms with E-state index in [2.05, 4.69) is 27.2 Å². The lowest BCUT2D eigenvalue weighted by Crippen LogP contribution is -2.41. The molecule has 1 aromatic carbocycles. The first-order valence-electron chi connectivity index (χ1n) is 8.52. The van der Waals surface area contributed by atoms with Crippen LogP contribution in [0.2, 0.25) is 0 Å². The number of aryl methyl sites for hydroxylation is 1. The summed E-state index contributed by atoms with van der Waals surface area (Å²) in [6.07, 6.45) is 0. The Morgan fingerprint density at radius 2 is 2.08 bits per heavy atom. The van der Waals surface area contributed by atoms with Crippen molar-refractivity contribution in [1.29, 1.82) is 0 Å². The van der Waals surface area contributed by atoms with Gasteiger partial charge in [0, 0.05) is 39.3 Å². The van der Waals surface area contributed by atoms with Gasteiger partial charge in [-0.05, 0) is 18.1 Å². The third-order valence-corrected chi connectivity index (χ3v) is 4.13. The zero-order valence-corrected chi connectivity index (χ0v) is 14.7. The molecule has 2 heterocycles. The van der Waals surface area contributed by atoms with Crippen LogP contribution < -0.4 is 5.32 Å². The van der Waals surface area contributed by atoms with Crippen molar-refractivity contribution in [2.75, 3.05) is 39.4 Å². The molecule has 0 bridgehead atoms. The Kier molecular flexibility index (Phi) is 6.00. The largest absolute Gasteiger partial charge is 0.379 e. The highest BCUT2D eigenvalue weighted by molar-refractivity contribution is 5.92. The number of hydrogen-bond acceptors (Lipinski definition) is 4. The van der Waals surface area contributed by atoms with E-state index in [9.17, 15) is 9.18 Å². The predicted octanol–water partition coefficient (Wildman–Crippen LogP) is 1.02. The van der Waals surface area contributed by atoms with Crippen LogP contribution in [0.25, 0.3) is 0 Å². The smallest absolute Gasteiger partial charge is 0.271 e. The molecule has 1 N–H and O–H groups in total. The number of halogens is 1. The van der Waals surface area contributed by atoms with Gasteiger partial charge < -0.3 is 10.1 Å². The summed E-state index contributed by atoms with van der Waals surface area (Å²) in [6.45, 7) is 4.56. The number of benzene rings is 1. The Hall–Kier alpha value is -2.69.